The van der Waals surface area contributed by atoms with E-state index in [1.165, 1.54) is 0 Å². The van der Waals surface area contributed by atoms with Gasteiger partial charge in [0.05, 0.1) is 6.42 Å². The Morgan fingerprint density at radius 2 is 2.04 bits per heavy atom. The largest absolute Gasteiger partial charge is 0.489 e. The molecule has 1 aliphatic rings. The minimum Gasteiger partial charge on any atom is -0.489 e. The molecule has 0 radical (unpaired) electrons. The number of para-hydroxylation sites is 1. The van der Waals surface area contributed by atoms with Gasteiger partial charge in [-0.3, -0.25) is 4.79 Å². The fourth-order valence-corrected chi connectivity index (χ4v) is 2.84. The van der Waals surface area contributed by atoms with Gasteiger partial charge < -0.3 is 19.1 Å². The first-order chi connectivity index (χ1) is 12.7. The Balaban J connectivity index is 1.68. The highest BCUT2D eigenvalue weighted by Crippen LogP contribution is 2.32. The first kappa shape index (κ1) is 17.9. The van der Waals surface area contributed by atoms with Crippen molar-refractivity contribution in [2.45, 2.75) is 19.9 Å². The summed E-state index contributed by atoms with van der Waals surface area (Å²) >= 11 is 0. The molecule has 1 heterocycles. The molecule has 0 N–H and O–H groups in total. The zero-order valence-corrected chi connectivity index (χ0v) is 14.9. The number of rotatable bonds is 8. The van der Waals surface area contributed by atoms with Gasteiger partial charge in [-0.1, -0.05) is 36.9 Å². The van der Waals surface area contributed by atoms with Crippen LogP contribution in [0.3, 0.4) is 0 Å². The minimum absolute atomic E-state index is 0.0601. The van der Waals surface area contributed by atoms with E-state index >= 15 is 0 Å². The fraction of sp³-hybridized carbons (Fsp3) is 0.286. The number of benzene rings is 2. The number of carbonyl (C=O) groups is 1. The van der Waals surface area contributed by atoms with E-state index in [9.17, 15) is 4.79 Å². The average molecular weight is 353 g/mol. The second-order valence-electron chi connectivity index (χ2n) is 5.98. The van der Waals surface area contributed by atoms with Crippen LogP contribution in [-0.4, -0.2) is 30.8 Å². The lowest BCUT2D eigenvalue weighted by Gasteiger charge is -2.22. The molecule has 2 aromatic rings. The predicted molar refractivity (Wildman–Crippen MR) is 99.5 cm³/mol. The Labute approximate surface area is 153 Å². The maximum atomic E-state index is 12.8. The molecular formula is C21H23NO4. The molecule has 0 unspecified atom stereocenters. The summed E-state index contributed by atoms with van der Waals surface area (Å²) in [5.74, 6) is 2.26. The summed E-state index contributed by atoms with van der Waals surface area (Å²) in [4.78, 5) is 14.6. The van der Waals surface area contributed by atoms with Gasteiger partial charge in [-0.05, 0) is 30.7 Å². The minimum atomic E-state index is 0.0601. The number of nitrogens with zero attached hydrogens (tertiary/aromatic N) is 1. The zero-order valence-electron chi connectivity index (χ0n) is 14.9. The molecule has 0 aliphatic carbocycles. The van der Waals surface area contributed by atoms with E-state index in [4.69, 9.17) is 14.2 Å². The maximum absolute atomic E-state index is 12.8. The van der Waals surface area contributed by atoms with Gasteiger partial charge in [0.25, 0.3) is 0 Å². The second kappa shape index (κ2) is 8.43. The number of hydrogen-bond donors (Lipinski definition) is 0. The summed E-state index contributed by atoms with van der Waals surface area (Å²) in [6, 6.07) is 13.4. The van der Waals surface area contributed by atoms with Crippen LogP contribution in [0.15, 0.2) is 55.1 Å². The molecule has 0 fully saturated rings. The Bertz CT molecular complexity index is 787. The van der Waals surface area contributed by atoms with Crippen LogP contribution in [-0.2, 0) is 17.8 Å². The Morgan fingerprint density at radius 3 is 2.85 bits per heavy atom. The molecule has 1 aliphatic heterocycles. The second-order valence-corrected chi connectivity index (χ2v) is 5.98. The third-order valence-corrected chi connectivity index (χ3v) is 4.22. The molecule has 3 rings (SSSR count). The SMILES string of the molecule is C=CCOc1ccccc1CN(CC)C(=O)Cc1ccc2c(c1)OCO2. The van der Waals surface area contributed by atoms with Gasteiger partial charge in [0.15, 0.2) is 11.5 Å². The van der Waals surface area contributed by atoms with Gasteiger partial charge in [-0.2, -0.15) is 0 Å². The molecule has 5 nitrogen and oxygen atoms in total. The Morgan fingerprint density at radius 1 is 1.23 bits per heavy atom. The van der Waals surface area contributed by atoms with Gasteiger partial charge in [0.2, 0.25) is 12.7 Å². The molecule has 26 heavy (non-hydrogen) atoms. The van der Waals surface area contributed by atoms with Crippen molar-refractivity contribution in [1.82, 2.24) is 4.90 Å². The maximum Gasteiger partial charge on any atom is 0.231 e. The van der Waals surface area contributed by atoms with E-state index in [-0.39, 0.29) is 12.7 Å². The monoisotopic (exact) mass is 353 g/mol. The van der Waals surface area contributed by atoms with Crippen LogP contribution < -0.4 is 14.2 Å². The average Bonchev–Trinajstić information content (AvgIpc) is 3.12. The first-order valence-electron chi connectivity index (χ1n) is 8.69. The van der Waals surface area contributed by atoms with Gasteiger partial charge >= 0.3 is 0 Å². The van der Waals surface area contributed by atoms with E-state index in [1.54, 1.807) is 6.08 Å². The third-order valence-electron chi connectivity index (χ3n) is 4.22. The molecule has 0 saturated heterocycles. The summed E-state index contributed by atoms with van der Waals surface area (Å²) in [5, 5.41) is 0. The normalized spacial score (nSPS) is 11.9. The standard InChI is InChI=1S/C21H23NO4/c1-3-11-24-18-8-6-5-7-17(18)14-22(4-2)21(23)13-16-9-10-19-20(12-16)26-15-25-19/h3,5-10,12H,1,4,11,13-15H2,2H3. The van der Waals surface area contributed by atoms with Crippen molar-refractivity contribution in [3.8, 4) is 17.2 Å². The molecule has 2 aromatic carbocycles. The van der Waals surface area contributed by atoms with Crippen LogP contribution in [0.5, 0.6) is 17.2 Å². The Hall–Kier alpha value is -2.95. The predicted octanol–water partition coefficient (Wildman–Crippen LogP) is 3.57. The van der Waals surface area contributed by atoms with Crippen molar-refractivity contribution >= 4 is 5.91 Å². The van der Waals surface area contributed by atoms with Gasteiger partial charge in [0.1, 0.15) is 12.4 Å². The van der Waals surface area contributed by atoms with Crippen molar-refractivity contribution in [2.24, 2.45) is 0 Å². The summed E-state index contributed by atoms with van der Waals surface area (Å²) < 4.78 is 16.4. The highest BCUT2D eigenvalue weighted by molar-refractivity contribution is 5.79. The van der Waals surface area contributed by atoms with E-state index in [0.29, 0.717) is 31.9 Å². The molecule has 136 valence electrons. The highest BCUT2D eigenvalue weighted by atomic mass is 16.7. The van der Waals surface area contributed by atoms with Crippen LogP contribution >= 0.6 is 0 Å². The number of likely N-dealkylation sites (N-methyl/N-ethyl adjacent to an activating group) is 1. The van der Waals surface area contributed by atoms with Crippen molar-refractivity contribution in [3.63, 3.8) is 0 Å². The van der Waals surface area contributed by atoms with Gasteiger partial charge in [-0.15, -0.1) is 0 Å². The summed E-state index contributed by atoms with van der Waals surface area (Å²) in [6.07, 6.45) is 2.03. The lowest BCUT2D eigenvalue weighted by atomic mass is 10.1. The number of carbonyl (C=O) groups excluding carboxylic acids is 1. The first-order valence-corrected chi connectivity index (χ1v) is 8.69. The van der Waals surface area contributed by atoms with Crippen molar-refractivity contribution in [2.75, 3.05) is 19.9 Å². The van der Waals surface area contributed by atoms with E-state index in [0.717, 1.165) is 22.6 Å². The third kappa shape index (κ3) is 4.17. The molecule has 1 amide bonds. The van der Waals surface area contributed by atoms with E-state index in [2.05, 4.69) is 6.58 Å². The van der Waals surface area contributed by atoms with Crippen LogP contribution in [0.1, 0.15) is 18.1 Å². The number of ether oxygens (including phenoxy) is 3. The smallest absolute Gasteiger partial charge is 0.231 e. The molecule has 0 aromatic heterocycles. The van der Waals surface area contributed by atoms with E-state index in [1.807, 2.05) is 54.3 Å². The summed E-state index contributed by atoms with van der Waals surface area (Å²) in [5.41, 5.74) is 1.89. The van der Waals surface area contributed by atoms with Crippen LogP contribution in [0.25, 0.3) is 0 Å². The van der Waals surface area contributed by atoms with Crippen molar-refractivity contribution < 1.29 is 19.0 Å². The summed E-state index contributed by atoms with van der Waals surface area (Å²) in [6.45, 7) is 7.45. The quantitative estimate of drug-likeness (QED) is 0.681. The fourth-order valence-electron chi connectivity index (χ4n) is 2.84. The highest BCUT2D eigenvalue weighted by Gasteiger charge is 2.18. The van der Waals surface area contributed by atoms with E-state index < -0.39 is 0 Å². The number of hydrogen-bond acceptors (Lipinski definition) is 4. The lowest BCUT2D eigenvalue weighted by molar-refractivity contribution is -0.130. The molecule has 0 spiro atoms. The lowest BCUT2D eigenvalue weighted by Crippen LogP contribution is -2.31. The Kier molecular flexibility index (Phi) is 5.79. The number of fused-ring (bicyclic) bond motifs is 1. The summed E-state index contributed by atoms with van der Waals surface area (Å²) in [7, 11) is 0. The molecule has 5 heteroatoms. The molecular weight excluding hydrogens is 330 g/mol. The van der Waals surface area contributed by atoms with Crippen molar-refractivity contribution in [1.29, 1.82) is 0 Å². The van der Waals surface area contributed by atoms with Crippen LogP contribution in [0, 0.1) is 0 Å². The molecule has 0 atom stereocenters. The number of amides is 1. The van der Waals surface area contributed by atoms with Crippen molar-refractivity contribution in [3.05, 3.63) is 66.2 Å². The molecule has 0 saturated carbocycles. The zero-order chi connectivity index (χ0) is 18.4. The van der Waals surface area contributed by atoms with Gasteiger partial charge in [0, 0.05) is 18.7 Å². The van der Waals surface area contributed by atoms with Gasteiger partial charge in [-0.25, -0.2) is 0 Å². The topological polar surface area (TPSA) is 48.0 Å². The van der Waals surface area contributed by atoms with Crippen LogP contribution in [0.4, 0.5) is 0 Å². The van der Waals surface area contributed by atoms with Crippen LogP contribution in [0.2, 0.25) is 0 Å². The molecule has 0 bridgehead atoms.